The first kappa shape index (κ1) is 20.0. The number of halogens is 1. The van der Waals surface area contributed by atoms with Gasteiger partial charge in [-0.1, -0.05) is 28.1 Å². The van der Waals surface area contributed by atoms with E-state index in [0.29, 0.717) is 40.9 Å². The lowest BCUT2D eigenvalue weighted by Crippen LogP contribution is -2.47. The minimum absolute atomic E-state index is 0.0161. The van der Waals surface area contributed by atoms with Crippen molar-refractivity contribution in [3.05, 3.63) is 73.2 Å². The van der Waals surface area contributed by atoms with Crippen LogP contribution in [-0.4, -0.2) is 58.5 Å². The van der Waals surface area contributed by atoms with Gasteiger partial charge < -0.3 is 14.8 Å². The van der Waals surface area contributed by atoms with E-state index in [1.807, 2.05) is 29.2 Å². The van der Waals surface area contributed by atoms with E-state index >= 15 is 0 Å². The Balaban J connectivity index is 1.67. The van der Waals surface area contributed by atoms with E-state index in [0.717, 1.165) is 23.1 Å². The third-order valence-corrected chi connectivity index (χ3v) is 6.06. The molecule has 6 nitrogen and oxygen atoms in total. The summed E-state index contributed by atoms with van der Waals surface area (Å²) >= 11 is 8.89. The zero-order valence-electron chi connectivity index (χ0n) is 16.0. The standard InChI is InChI=1S/C21H21BrN4O2S/c1-24-7-9-25(10-8-24)19(27)15-5-6-17-18(12-15)23-21(29)26(20(17)28)13-14-3-2-4-16(22)11-14/h2-6,11-12H,7-10,13H2,1H3,(H,23,29). The van der Waals surface area contributed by atoms with Crippen LogP contribution < -0.4 is 5.56 Å². The molecule has 150 valence electrons. The monoisotopic (exact) mass is 472 g/mol. The molecule has 1 amide bonds. The van der Waals surface area contributed by atoms with E-state index in [9.17, 15) is 9.59 Å². The van der Waals surface area contributed by atoms with Crippen LogP contribution >= 0.6 is 28.1 Å². The van der Waals surface area contributed by atoms with Gasteiger partial charge in [-0.3, -0.25) is 14.2 Å². The Morgan fingerprint density at radius 3 is 2.62 bits per heavy atom. The maximum atomic E-state index is 13.0. The first-order valence-corrected chi connectivity index (χ1v) is 10.6. The van der Waals surface area contributed by atoms with Crippen LogP contribution in [0.1, 0.15) is 15.9 Å². The summed E-state index contributed by atoms with van der Waals surface area (Å²) in [6.45, 7) is 3.52. The number of likely N-dealkylation sites (N-methyl/N-ethyl adjacent to an activating group) is 1. The number of hydrogen-bond donors (Lipinski definition) is 1. The Labute approximate surface area is 181 Å². The lowest BCUT2D eigenvalue weighted by molar-refractivity contribution is 0.0664. The van der Waals surface area contributed by atoms with Crippen molar-refractivity contribution in [2.45, 2.75) is 6.54 Å². The second-order valence-corrected chi connectivity index (χ2v) is 8.61. The molecular formula is C21H21BrN4O2S. The van der Waals surface area contributed by atoms with Crippen LogP contribution in [0.5, 0.6) is 0 Å². The number of hydrogen-bond acceptors (Lipinski definition) is 4. The summed E-state index contributed by atoms with van der Waals surface area (Å²) in [5.41, 5.74) is 1.96. The molecule has 1 aliphatic rings. The Bertz CT molecular complexity index is 1200. The Morgan fingerprint density at radius 2 is 1.90 bits per heavy atom. The molecule has 0 unspecified atom stereocenters. The van der Waals surface area contributed by atoms with Crippen molar-refractivity contribution < 1.29 is 4.79 Å². The van der Waals surface area contributed by atoms with Gasteiger partial charge in [-0.2, -0.15) is 0 Å². The number of nitrogens with one attached hydrogen (secondary N) is 1. The summed E-state index contributed by atoms with van der Waals surface area (Å²) < 4.78 is 2.83. The SMILES string of the molecule is CN1CCN(C(=O)c2ccc3c(=O)n(Cc4cccc(Br)c4)c(=S)[nH]c3c2)CC1. The molecule has 0 aliphatic carbocycles. The fourth-order valence-electron chi connectivity index (χ4n) is 3.54. The lowest BCUT2D eigenvalue weighted by atomic mass is 10.1. The van der Waals surface area contributed by atoms with Gasteiger partial charge in [-0.15, -0.1) is 0 Å². The van der Waals surface area contributed by atoms with Crippen molar-refractivity contribution in [2.24, 2.45) is 0 Å². The topological polar surface area (TPSA) is 61.3 Å². The number of amides is 1. The highest BCUT2D eigenvalue weighted by atomic mass is 79.9. The molecule has 1 fully saturated rings. The minimum atomic E-state index is -0.165. The molecule has 0 bridgehead atoms. The smallest absolute Gasteiger partial charge is 0.262 e. The van der Waals surface area contributed by atoms with E-state index in [4.69, 9.17) is 12.2 Å². The Kier molecular flexibility index (Phi) is 5.67. The predicted octanol–water partition coefficient (Wildman–Crippen LogP) is 3.26. The molecule has 1 saturated heterocycles. The van der Waals surface area contributed by atoms with Crippen LogP contribution in [0.3, 0.4) is 0 Å². The van der Waals surface area contributed by atoms with Crippen LogP contribution in [0.2, 0.25) is 0 Å². The number of piperazine rings is 1. The second-order valence-electron chi connectivity index (χ2n) is 7.31. The number of rotatable bonds is 3. The highest BCUT2D eigenvalue weighted by Crippen LogP contribution is 2.16. The molecule has 4 rings (SSSR count). The molecule has 0 atom stereocenters. The zero-order valence-corrected chi connectivity index (χ0v) is 18.4. The van der Waals surface area contributed by atoms with Gasteiger partial charge in [0.25, 0.3) is 11.5 Å². The normalized spacial score (nSPS) is 15.0. The molecule has 2 aromatic carbocycles. The van der Waals surface area contributed by atoms with Gasteiger partial charge in [0.05, 0.1) is 17.4 Å². The second kappa shape index (κ2) is 8.22. The quantitative estimate of drug-likeness (QED) is 0.594. The maximum absolute atomic E-state index is 13.0. The summed E-state index contributed by atoms with van der Waals surface area (Å²) in [5, 5.41) is 0.517. The third-order valence-electron chi connectivity index (χ3n) is 5.25. The molecule has 3 aromatic rings. The summed E-state index contributed by atoms with van der Waals surface area (Å²) in [5.74, 6) is -0.0161. The number of aromatic nitrogens is 2. The van der Waals surface area contributed by atoms with Gasteiger partial charge in [-0.05, 0) is 55.2 Å². The molecule has 1 aromatic heterocycles. The van der Waals surface area contributed by atoms with E-state index in [1.54, 1.807) is 22.8 Å². The molecule has 29 heavy (non-hydrogen) atoms. The Hall–Kier alpha value is -2.29. The molecule has 0 saturated carbocycles. The van der Waals surface area contributed by atoms with Crippen LogP contribution in [-0.2, 0) is 6.54 Å². The highest BCUT2D eigenvalue weighted by molar-refractivity contribution is 9.10. The van der Waals surface area contributed by atoms with Gasteiger partial charge in [0.2, 0.25) is 0 Å². The molecule has 0 spiro atoms. The van der Waals surface area contributed by atoms with E-state index in [-0.39, 0.29) is 11.5 Å². The lowest BCUT2D eigenvalue weighted by Gasteiger charge is -2.32. The number of carbonyl (C=O) groups is 1. The highest BCUT2D eigenvalue weighted by Gasteiger charge is 2.21. The fourth-order valence-corrected chi connectivity index (χ4v) is 4.25. The number of aromatic amines is 1. The van der Waals surface area contributed by atoms with E-state index < -0.39 is 0 Å². The summed E-state index contributed by atoms with van der Waals surface area (Å²) in [6.07, 6.45) is 0. The van der Waals surface area contributed by atoms with Crippen LogP contribution in [0, 0.1) is 4.77 Å². The van der Waals surface area contributed by atoms with Crippen LogP contribution in [0.25, 0.3) is 10.9 Å². The van der Waals surface area contributed by atoms with Gasteiger partial charge >= 0.3 is 0 Å². The Morgan fingerprint density at radius 1 is 1.14 bits per heavy atom. The van der Waals surface area contributed by atoms with Gasteiger partial charge in [-0.25, -0.2) is 0 Å². The fraction of sp³-hybridized carbons (Fsp3) is 0.286. The molecule has 8 heteroatoms. The number of H-pyrrole nitrogens is 1. The first-order valence-electron chi connectivity index (χ1n) is 9.41. The van der Waals surface area contributed by atoms with Crippen molar-refractivity contribution >= 4 is 45.0 Å². The minimum Gasteiger partial charge on any atom is -0.336 e. The average molecular weight is 473 g/mol. The number of carbonyl (C=O) groups excluding carboxylic acids is 1. The number of nitrogens with zero attached hydrogens (tertiary/aromatic N) is 3. The first-order chi connectivity index (χ1) is 13.9. The molecule has 0 radical (unpaired) electrons. The molecule has 1 aliphatic heterocycles. The largest absolute Gasteiger partial charge is 0.336 e. The van der Waals surface area contributed by atoms with Crippen molar-refractivity contribution in [2.75, 3.05) is 33.2 Å². The van der Waals surface area contributed by atoms with Gasteiger partial charge in [0, 0.05) is 36.2 Å². The third kappa shape index (κ3) is 4.19. The van der Waals surface area contributed by atoms with Crippen molar-refractivity contribution in [1.29, 1.82) is 0 Å². The molecular weight excluding hydrogens is 452 g/mol. The van der Waals surface area contributed by atoms with Crippen LogP contribution in [0.15, 0.2) is 51.7 Å². The molecule has 2 heterocycles. The maximum Gasteiger partial charge on any atom is 0.262 e. The summed E-state index contributed by atoms with van der Waals surface area (Å²) in [4.78, 5) is 33.0. The predicted molar refractivity (Wildman–Crippen MR) is 120 cm³/mol. The van der Waals surface area contributed by atoms with Crippen molar-refractivity contribution in [3.63, 3.8) is 0 Å². The molecule has 1 N–H and O–H groups in total. The van der Waals surface area contributed by atoms with Crippen molar-refractivity contribution in [1.82, 2.24) is 19.4 Å². The van der Waals surface area contributed by atoms with Gasteiger partial charge in [0.1, 0.15) is 0 Å². The summed E-state index contributed by atoms with van der Waals surface area (Å²) in [6, 6.07) is 12.9. The van der Waals surface area contributed by atoms with E-state index in [1.165, 1.54) is 0 Å². The van der Waals surface area contributed by atoms with Gasteiger partial charge in [0.15, 0.2) is 4.77 Å². The number of fused-ring (bicyclic) bond motifs is 1. The van der Waals surface area contributed by atoms with Crippen molar-refractivity contribution in [3.8, 4) is 0 Å². The average Bonchev–Trinajstić information content (AvgIpc) is 2.71. The van der Waals surface area contributed by atoms with E-state index in [2.05, 4.69) is 32.9 Å². The zero-order chi connectivity index (χ0) is 20.5. The van der Waals surface area contributed by atoms with Crippen LogP contribution in [0.4, 0.5) is 0 Å². The number of benzene rings is 2. The summed E-state index contributed by atoms with van der Waals surface area (Å²) in [7, 11) is 2.05.